The predicted octanol–water partition coefficient (Wildman–Crippen LogP) is 2.84. The zero-order valence-electron chi connectivity index (χ0n) is 10.4. The van der Waals surface area contributed by atoms with Crippen molar-refractivity contribution in [2.24, 2.45) is 0 Å². The smallest absolute Gasteiger partial charge is 0.0359 e. The molecule has 1 aromatic rings. The van der Waals surface area contributed by atoms with Crippen LogP contribution in [-0.4, -0.2) is 30.0 Å². The number of anilines is 1. The molecule has 0 aromatic heterocycles. The van der Waals surface area contributed by atoms with Crippen molar-refractivity contribution in [3.63, 3.8) is 0 Å². The Balaban J connectivity index is 2.50. The lowest BCUT2D eigenvalue weighted by Crippen LogP contribution is -2.29. The number of thioether (sulfide) groups is 1. The fraction of sp³-hybridized carbons (Fsp3) is 0.538. The van der Waals surface area contributed by atoms with Gasteiger partial charge in [-0.05, 0) is 44.0 Å². The monoisotopic (exact) mass is 238 g/mol. The molecule has 0 amide bonds. The molecule has 1 atom stereocenters. The Morgan fingerprint density at radius 1 is 1.38 bits per heavy atom. The first-order chi connectivity index (χ1) is 7.65. The molecule has 0 aliphatic heterocycles. The highest BCUT2D eigenvalue weighted by Gasteiger charge is 2.10. The lowest BCUT2D eigenvalue weighted by Gasteiger charge is -2.25. The molecule has 0 radical (unpaired) electrons. The van der Waals surface area contributed by atoms with Crippen molar-refractivity contribution in [2.75, 3.05) is 24.8 Å². The molecular formula is C13H22N2S. The first-order valence-corrected chi connectivity index (χ1v) is 7.07. The second-order valence-electron chi connectivity index (χ2n) is 4.24. The van der Waals surface area contributed by atoms with Crippen molar-refractivity contribution in [1.29, 1.82) is 0 Å². The van der Waals surface area contributed by atoms with Gasteiger partial charge in [0.1, 0.15) is 0 Å². The van der Waals surface area contributed by atoms with Crippen LogP contribution in [0.2, 0.25) is 0 Å². The minimum absolute atomic E-state index is 0.604. The molecule has 1 unspecified atom stereocenters. The summed E-state index contributed by atoms with van der Waals surface area (Å²) in [7, 11) is 2.16. The molecule has 90 valence electrons. The van der Waals surface area contributed by atoms with Crippen LogP contribution < -0.4 is 5.73 Å². The molecule has 1 aromatic carbocycles. The van der Waals surface area contributed by atoms with Gasteiger partial charge < -0.3 is 5.73 Å². The highest BCUT2D eigenvalue weighted by atomic mass is 32.2. The summed E-state index contributed by atoms with van der Waals surface area (Å²) in [4.78, 5) is 2.36. The van der Waals surface area contributed by atoms with Gasteiger partial charge in [-0.3, -0.25) is 4.90 Å². The van der Waals surface area contributed by atoms with Crippen molar-refractivity contribution >= 4 is 17.4 Å². The molecular weight excluding hydrogens is 216 g/mol. The van der Waals surface area contributed by atoms with Crippen LogP contribution in [0.15, 0.2) is 24.3 Å². The Morgan fingerprint density at radius 3 is 2.69 bits per heavy atom. The molecule has 0 spiro atoms. The number of hydrogen-bond donors (Lipinski definition) is 1. The van der Waals surface area contributed by atoms with E-state index in [9.17, 15) is 0 Å². The van der Waals surface area contributed by atoms with E-state index in [1.165, 1.54) is 17.7 Å². The van der Waals surface area contributed by atoms with E-state index in [1.54, 1.807) is 0 Å². The Labute approximate surface area is 103 Å². The highest BCUT2D eigenvalue weighted by molar-refractivity contribution is 7.98. The van der Waals surface area contributed by atoms with Crippen molar-refractivity contribution in [1.82, 2.24) is 4.90 Å². The Morgan fingerprint density at radius 2 is 2.06 bits per heavy atom. The Kier molecular flexibility index (Phi) is 5.71. The maximum Gasteiger partial charge on any atom is 0.0359 e. The summed E-state index contributed by atoms with van der Waals surface area (Å²) in [5.74, 6) is 1.22. The van der Waals surface area contributed by atoms with Crippen LogP contribution in [0.1, 0.15) is 18.9 Å². The molecule has 3 heteroatoms. The summed E-state index contributed by atoms with van der Waals surface area (Å²) >= 11 is 1.91. The van der Waals surface area contributed by atoms with Gasteiger partial charge in [-0.2, -0.15) is 11.8 Å². The quantitative estimate of drug-likeness (QED) is 0.773. The van der Waals surface area contributed by atoms with Crippen molar-refractivity contribution in [3.05, 3.63) is 29.8 Å². The topological polar surface area (TPSA) is 29.3 Å². The van der Waals surface area contributed by atoms with E-state index in [0.717, 1.165) is 12.2 Å². The van der Waals surface area contributed by atoms with E-state index >= 15 is 0 Å². The number of nitrogen functional groups attached to an aromatic ring is 1. The number of rotatable bonds is 6. The van der Waals surface area contributed by atoms with Gasteiger partial charge >= 0.3 is 0 Å². The molecule has 0 aliphatic rings. The van der Waals surface area contributed by atoms with Gasteiger partial charge in [0.05, 0.1) is 0 Å². The van der Waals surface area contributed by atoms with E-state index in [4.69, 9.17) is 5.73 Å². The molecule has 2 nitrogen and oxygen atoms in total. The molecule has 2 N–H and O–H groups in total. The number of para-hydroxylation sites is 1. The van der Waals surface area contributed by atoms with Crippen LogP contribution in [-0.2, 0) is 6.54 Å². The second kappa shape index (κ2) is 6.81. The van der Waals surface area contributed by atoms with Gasteiger partial charge in [-0.1, -0.05) is 18.2 Å². The second-order valence-corrected chi connectivity index (χ2v) is 5.23. The molecule has 0 heterocycles. The van der Waals surface area contributed by atoms with Gasteiger partial charge in [0.25, 0.3) is 0 Å². The molecule has 0 aliphatic carbocycles. The highest BCUT2D eigenvalue weighted by Crippen LogP contribution is 2.15. The van der Waals surface area contributed by atoms with E-state index in [-0.39, 0.29) is 0 Å². The summed E-state index contributed by atoms with van der Waals surface area (Å²) in [5, 5.41) is 0. The average Bonchev–Trinajstić information content (AvgIpc) is 2.28. The fourth-order valence-electron chi connectivity index (χ4n) is 1.61. The fourth-order valence-corrected chi connectivity index (χ4v) is 2.19. The van der Waals surface area contributed by atoms with Gasteiger partial charge in [0, 0.05) is 18.3 Å². The number of nitrogens with two attached hydrogens (primary N) is 1. The van der Waals surface area contributed by atoms with Crippen LogP contribution in [0.4, 0.5) is 5.69 Å². The van der Waals surface area contributed by atoms with Crippen LogP contribution in [0, 0.1) is 0 Å². The van der Waals surface area contributed by atoms with E-state index in [0.29, 0.717) is 6.04 Å². The van der Waals surface area contributed by atoms with Crippen LogP contribution >= 0.6 is 11.8 Å². The Bertz CT molecular complexity index is 315. The van der Waals surface area contributed by atoms with Gasteiger partial charge in [0.15, 0.2) is 0 Å². The van der Waals surface area contributed by atoms with Crippen LogP contribution in [0.5, 0.6) is 0 Å². The molecule has 0 saturated carbocycles. The standard InChI is InChI=1S/C13H22N2S/c1-11(8-9-16-3)15(2)10-12-6-4-5-7-13(12)14/h4-7,11H,8-10,14H2,1-3H3. The normalized spacial score (nSPS) is 13.0. The maximum atomic E-state index is 5.94. The van der Waals surface area contributed by atoms with Crippen molar-refractivity contribution in [2.45, 2.75) is 25.9 Å². The molecule has 1 rings (SSSR count). The summed E-state index contributed by atoms with van der Waals surface area (Å²) in [6.45, 7) is 3.21. The van der Waals surface area contributed by atoms with Gasteiger partial charge in [-0.15, -0.1) is 0 Å². The van der Waals surface area contributed by atoms with Gasteiger partial charge in [0.2, 0.25) is 0 Å². The first-order valence-electron chi connectivity index (χ1n) is 5.67. The Hall–Kier alpha value is -0.670. The minimum Gasteiger partial charge on any atom is -0.398 e. The largest absolute Gasteiger partial charge is 0.398 e. The first kappa shape index (κ1) is 13.4. The number of hydrogen-bond acceptors (Lipinski definition) is 3. The number of benzene rings is 1. The summed E-state index contributed by atoms with van der Waals surface area (Å²) in [6, 6.07) is 8.71. The third kappa shape index (κ3) is 4.06. The van der Waals surface area contributed by atoms with E-state index in [2.05, 4.69) is 31.2 Å². The lowest BCUT2D eigenvalue weighted by molar-refractivity contribution is 0.245. The molecule has 0 fully saturated rings. The van der Waals surface area contributed by atoms with Crippen molar-refractivity contribution < 1.29 is 0 Å². The van der Waals surface area contributed by atoms with E-state index in [1.807, 2.05) is 30.0 Å². The van der Waals surface area contributed by atoms with E-state index < -0.39 is 0 Å². The van der Waals surface area contributed by atoms with Crippen LogP contribution in [0.3, 0.4) is 0 Å². The molecule has 0 saturated heterocycles. The minimum atomic E-state index is 0.604. The zero-order chi connectivity index (χ0) is 12.0. The number of nitrogens with zero attached hydrogens (tertiary/aromatic N) is 1. The van der Waals surface area contributed by atoms with Gasteiger partial charge in [-0.25, -0.2) is 0 Å². The lowest BCUT2D eigenvalue weighted by atomic mass is 10.1. The SMILES string of the molecule is CSCCC(C)N(C)Cc1ccccc1N. The third-order valence-electron chi connectivity index (χ3n) is 2.97. The van der Waals surface area contributed by atoms with Crippen molar-refractivity contribution in [3.8, 4) is 0 Å². The summed E-state index contributed by atoms with van der Waals surface area (Å²) in [5.41, 5.74) is 8.06. The molecule has 16 heavy (non-hydrogen) atoms. The zero-order valence-corrected chi connectivity index (χ0v) is 11.3. The molecule has 0 bridgehead atoms. The predicted molar refractivity (Wildman–Crippen MR) is 74.8 cm³/mol. The van der Waals surface area contributed by atoms with Crippen LogP contribution in [0.25, 0.3) is 0 Å². The maximum absolute atomic E-state index is 5.94. The summed E-state index contributed by atoms with van der Waals surface area (Å²) < 4.78 is 0. The third-order valence-corrected chi connectivity index (χ3v) is 3.61. The average molecular weight is 238 g/mol. The summed E-state index contributed by atoms with van der Waals surface area (Å²) in [6.07, 6.45) is 3.38.